The highest BCUT2D eigenvalue weighted by Gasteiger charge is 1.99. The molecule has 0 unspecified atom stereocenters. The lowest BCUT2D eigenvalue weighted by Gasteiger charge is -1.93. The molecule has 0 aliphatic rings. The minimum absolute atomic E-state index is 0. The van der Waals surface area contributed by atoms with E-state index in [0.29, 0.717) is 0 Å². The molecule has 0 heterocycles. The summed E-state index contributed by atoms with van der Waals surface area (Å²) in [5, 5.41) is 8.75. The first-order valence-electron chi connectivity index (χ1n) is 5.16. The molecule has 0 amide bonds. The van der Waals surface area contributed by atoms with Crippen LogP contribution in [0.3, 0.4) is 0 Å². The maximum atomic E-state index is 10.7. The molecule has 2 aromatic carbocycles. The molecule has 90 valence electrons. The summed E-state index contributed by atoms with van der Waals surface area (Å²) < 4.78 is 0. The Kier molecular flexibility index (Phi) is 4.98. The Hall–Kier alpha value is -2.24. The number of carboxylic acids is 1. The van der Waals surface area contributed by atoms with E-state index in [2.05, 4.69) is 11.8 Å². The van der Waals surface area contributed by atoms with Crippen molar-refractivity contribution in [2.45, 2.75) is 0 Å². The number of carbonyl (C=O) groups is 1. The van der Waals surface area contributed by atoms with Crippen molar-refractivity contribution in [1.29, 1.82) is 0 Å². The van der Waals surface area contributed by atoms with Crippen LogP contribution in [-0.2, 0) is 0 Å². The SMILES string of the molecule is Cl.O=C(O)c1ccc(C#Cc2ccccc2)cc1. The minimum atomic E-state index is -0.924. The lowest BCUT2D eigenvalue weighted by molar-refractivity contribution is 0.0697. The van der Waals surface area contributed by atoms with Gasteiger partial charge in [-0.2, -0.15) is 0 Å². The standard InChI is InChI=1S/C15H10O2.ClH/c16-15(17)14-10-8-13(9-11-14)7-6-12-4-2-1-3-5-12;/h1-5,8-11H,(H,16,17);1H. The van der Waals surface area contributed by atoms with Crippen LogP contribution >= 0.6 is 12.4 Å². The van der Waals surface area contributed by atoms with Gasteiger partial charge in [0, 0.05) is 11.1 Å². The van der Waals surface area contributed by atoms with Crippen LogP contribution in [0.5, 0.6) is 0 Å². The quantitative estimate of drug-likeness (QED) is 0.798. The van der Waals surface area contributed by atoms with E-state index in [4.69, 9.17) is 5.11 Å². The Labute approximate surface area is 112 Å². The van der Waals surface area contributed by atoms with Crippen molar-refractivity contribution in [3.63, 3.8) is 0 Å². The zero-order chi connectivity index (χ0) is 12.1. The molecule has 0 aliphatic heterocycles. The Balaban J connectivity index is 0.00000162. The van der Waals surface area contributed by atoms with Crippen LogP contribution in [0.4, 0.5) is 0 Å². The van der Waals surface area contributed by atoms with Gasteiger partial charge in [0.2, 0.25) is 0 Å². The van der Waals surface area contributed by atoms with Crippen molar-refractivity contribution in [2.24, 2.45) is 0 Å². The summed E-state index contributed by atoms with van der Waals surface area (Å²) in [7, 11) is 0. The summed E-state index contributed by atoms with van der Waals surface area (Å²) in [4.78, 5) is 10.7. The van der Waals surface area contributed by atoms with Gasteiger partial charge in [-0.25, -0.2) is 4.79 Å². The number of rotatable bonds is 1. The van der Waals surface area contributed by atoms with Gasteiger partial charge >= 0.3 is 5.97 Å². The number of hydrogen-bond acceptors (Lipinski definition) is 1. The van der Waals surface area contributed by atoms with Gasteiger partial charge in [0.1, 0.15) is 0 Å². The molecule has 0 radical (unpaired) electrons. The zero-order valence-corrected chi connectivity index (χ0v) is 10.3. The van der Waals surface area contributed by atoms with Crippen LogP contribution in [0.1, 0.15) is 21.5 Å². The molecular formula is C15H11ClO2. The van der Waals surface area contributed by atoms with Crippen molar-refractivity contribution < 1.29 is 9.90 Å². The van der Waals surface area contributed by atoms with E-state index in [1.807, 2.05) is 30.3 Å². The molecule has 2 nitrogen and oxygen atoms in total. The monoisotopic (exact) mass is 258 g/mol. The average Bonchev–Trinajstić information content (AvgIpc) is 2.38. The molecule has 0 aliphatic carbocycles. The number of hydrogen-bond donors (Lipinski definition) is 1. The maximum absolute atomic E-state index is 10.7. The predicted molar refractivity (Wildman–Crippen MR) is 73.1 cm³/mol. The molecule has 0 bridgehead atoms. The topological polar surface area (TPSA) is 37.3 Å². The second kappa shape index (κ2) is 6.48. The predicted octanol–water partition coefficient (Wildman–Crippen LogP) is 3.21. The highest BCUT2D eigenvalue weighted by Crippen LogP contribution is 2.03. The highest BCUT2D eigenvalue weighted by atomic mass is 35.5. The van der Waals surface area contributed by atoms with Crippen LogP contribution in [0, 0.1) is 11.8 Å². The van der Waals surface area contributed by atoms with Gasteiger partial charge in [-0.1, -0.05) is 30.0 Å². The summed E-state index contributed by atoms with van der Waals surface area (Å²) in [6.07, 6.45) is 0. The number of aromatic carboxylic acids is 1. The normalized spacial score (nSPS) is 8.67. The molecule has 0 aromatic heterocycles. The molecule has 0 fully saturated rings. The van der Waals surface area contributed by atoms with E-state index in [1.165, 1.54) is 0 Å². The third-order valence-corrected chi connectivity index (χ3v) is 2.26. The van der Waals surface area contributed by atoms with Crippen LogP contribution in [0.2, 0.25) is 0 Å². The first-order chi connectivity index (χ1) is 8.25. The molecular weight excluding hydrogens is 248 g/mol. The Morgan fingerprint density at radius 3 is 1.83 bits per heavy atom. The van der Waals surface area contributed by atoms with Crippen molar-refractivity contribution in [2.75, 3.05) is 0 Å². The third kappa shape index (κ3) is 3.65. The maximum Gasteiger partial charge on any atom is 0.335 e. The first kappa shape index (κ1) is 13.8. The molecule has 0 saturated carbocycles. The molecule has 1 N–H and O–H groups in total. The van der Waals surface area contributed by atoms with Crippen molar-refractivity contribution in [3.8, 4) is 11.8 Å². The minimum Gasteiger partial charge on any atom is -0.478 e. The Bertz CT molecular complexity index is 577. The van der Waals surface area contributed by atoms with Crippen LogP contribution in [0.25, 0.3) is 0 Å². The summed E-state index contributed by atoms with van der Waals surface area (Å²) in [5.74, 6) is 5.07. The van der Waals surface area contributed by atoms with E-state index in [9.17, 15) is 4.79 Å². The van der Waals surface area contributed by atoms with Gasteiger partial charge < -0.3 is 5.11 Å². The fraction of sp³-hybridized carbons (Fsp3) is 0. The molecule has 0 atom stereocenters. The van der Waals surface area contributed by atoms with Gasteiger partial charge in [-0.05, 0) is 36.4 Å². The number of carboxylic acid groups (broad SMARTS) is 1. The van der Waals surface area contributed by atoms with Gasteiger partial charge in [-0.3, -0.25) is 0 Å². The molecule has 0 spiro atoms. The molecule has 2 rings (SSSR count). The number of benzene rings is 2. The van der Waals surface area contributed by atoms with E-state index >= 15 is 0 Å². The van der Waals surface area contributed by atoms with Crippen LogP contribution in [0.15, 0.2) is 54.6 Å². The van der Waals surface area contributed by atoms with Crippen molar-refractivity contribution in [3.05, 3.63) is 71.3 Å². The second-order valence-corrected chi connectivity index (χ2v) is 3.50. The second-order valence-electron chi connectivity index (χ2n) is 3.50. The van der Waals surface area contributed by atoms with Crippen molar-refractivity contribution in [1.82, 2.24) is 0 Å². The van der Waals surface area contributed by atoms with Gasteiger partial charge in [0.15, 0.2) is 0 Å². The number of halogens is 1. The summed E-state index contributed by atoms with van der Waals surface area (Å²) in [5.41, 5.74) is 2.02. The molecule has 2 aromatic rings. The van der Waals surface area contributed by atoms with E-state index < -0.39 is 5.97 Å². The zero-order valence-electron chi connectivity index (χ0n) is 9.46. The molecule has 0 saturated heterocycles. The summed E-state index contributed by atoms with van der Waals surface area (Å²) in [6.45, 7) is 0. The van der Waals surface area contributed by atoms with E-state index in [0.717, 1.165) is 11.1 Å². The Morgan fingerprint density at radius 2 is 1.33 bits per heavy atom. The van der Waals surface area contributed by atoms with Gasteiger partial charge in [-0.15, -0.1) is 12.4 Å². The Morgan fingerprint density at radius 1 is 0.833 bits per heavy atom. The molecule has 18 heavy (non-hydrogen) atoms. The van der Waals surface area contributed by atoms with Crippen molar-refractivity contribution >= 4 is 18.4 Å². The smallest absolute Gasteiger partial charge is 0.335 e. The third-order valence-electron chi connectivity index (χ3n) is 2.26. The fourth-order valence-corrected chi connectivity index (χ4v) is 1.36. The van der Waals surface area contributed by atoms with Gasteiger partial charge in [0.05, 0.1) is 5.56 Å². The highest BCUT2D eigenvalue weighted by molar-refractivity contribution is 5.87. The van der Waals surface area contributed by atoms with Gasteiger partial charge in [0.25, 0.3) is 0 Å². The molecule has 3 heteroatoms. The van der Waals surface area contributed by atoms with Crippen LogP contribution < -0.4 is 0 Å². The lowest BCUT2D eigenvalue weighted by Crippen LogP contribution is -1.94. The average molecular weight is 259 g/mol. The van der Waals surface area contributed by atoms with E-state index in [1.54, 1.807) is 24.3 Å². The lowest BCUT2D eigenvalue weighted by atomic mass is 10.1. The first-order valence-corrected chi connectivity index (χ1v) is 5.16. The van der Waals surface area contributed by atoms with Crippen LogP contribution in [-0.4, -0.2) is 11.1 Å². The largest absolute Gasteiger partial charge is 0.478 e. The fourth-order valence-electron chi connectivity index (χ4n) is 1.36. The summed E-state index contributed by atoms with van der Waals surface area (Å²) in [6, 6.07) is 16.2. The van der Waals surface area contributed by atoms with E-state index in [-0.39, 0.29) is 18.0 Å². The summed E-state index contributed by atoms with van der Waals surface area (Å²) >= 11 is 0.